The van der Waals surface area contributed by atoms with Crippen molar-refractivity contribution in [2.75, 3.05) is 6.61 Å². The highest BCUT2D eigenvalue weighted by atomic mass is 19.4. The number of carbonyl (C=O) groups is 1. The lowest BCUT2D eigenvalue weighted by Gasteiger charge is -2.42. The number of hydrogen-bond acceptors (Lipinski definition) is 6. The molecule has 0 radical (unpaired) electrons. The van der Waals surface area contributed by atoms with Gasteiger partial charge >= 0.3 is 19.3 Å². The first-order chi connectivity index (χ1) is 16.2. The van der Waals surface area contributed by atoms with Crippen LogP contribution >= 0.6 is 0 Å². The highest BCUT2D eigenvalue weighted by molar-refractivity contribution is 6.62. The summed E-state index contributed by atoms with van der Waals surface area (Å²) in [6.07, 6.45) is -2.08. The van der Waals surface area contributed by atoms with Gasteiger partial charge in [0.25, 0.3) is 0 Å². The third-order valence-electron chi connectivity index (χ3n) is 8.02. The van der Waals surface area contributed by atoms with Crippen LogP contribution in [0.3, 0.4) is 0 Å². The monoisotopic (exact) mass is 494 g/mol. The second-order valence-corrected chi connectivity index (χ2v) is 11.0. The molecule has 1 aliphatic carbocycles. The summed E-state index contributed by atoms with van der Waals surface area (Å²) in [7, 11) is -0.629. The zero-order valence-electron chi connectivity index (χ0n) is 20.6. The molecule has 0 amide bonds. The minimum Gasteiger partial charge on any atom is -0.465 e. The van der Waals surface area contributed by atoms with Crippen molar-refractivity contribution in [2.45, 2.75) is 89.8 Å². The number of halogens is 3. The van der Waals surface area contributed by atoms with Gasteiger partial charge in [-0.1, -0.05) is 6.42 Å². The van der Waals surface area contributed by atoms with Crippen molar-refractivity contribution >= 4 is 18.6 Å². The van der Waals surface area contributed by atoms with Gasteiger partial charge in [-0.15, -0.1) is 10.2 Å². The summed E-state index contributed by atoms with van der Waals surface area (Å²) in [6.45, 7) is 9.89. The zero-order chi connectivity index (χ0) is 25.4. The molecule has 1 unspecified atom stereocenters. The van der Waals surface area contributed by atoms with Crippen LogP contribution < -0.4 is 5.46 Å². The molecule has 2 aliphatic heterocycles. The zero-order valence-corrected chi connectivity index (χ0v) is 20.6. The van der Waals surface area contributed by atoms with Gasteiger partial charge in [-0.3, -0.25) is 4.79 Å². The second kappa shape index (κ2) is 7.83. The van der Waals surface area contributed by atoms with Crippen LogP contribution in [0.4, 0.5) is 13.2 Å². The maximum Gasteiger partial charge on any atom is 0.496 e. The van der Waals surface area contributed by atoms with Gasteiger partial charge in [0.1, 0.15) is 11.2 Å². The highest BCUT2D eigenvalue weighted by Gasteiger charge is 2.62. The molecule has 4 heterocycles. The molecule has 1 atom stereocenters. The number of fused-ring (bicyclic) bond motifs is 3. The Morgan fingerprint density at radius 1 is 1.17 bits per heavy atom. The average Bonchev–Trinajstić information content (AvgIpc) is 3.30. The van der Waals surface area contributed by atoms with E-state index in [1.54, 1.807) is 4.57 Å². The number of carbonyl (C=O) groups excluding carboxylic acids is 1. The van der Waals surface area contributed by atoms with Crippen molar-refractivity contribution in [2.24, 2.45) is 5.92 Å². The van der Waals surface area contributed by atoms with Crippen LogP contribution in [0.1, 0.15) is 59.7 Å². The van der Waals surface area contributed by atoms with Crippen LogP contribution in [0.25, 0.3) is 11.5 Å². The van der Waals surface area contributed by atoms with Crippen LogP contribution in [0, 0.1) is 5.92 Å². The molecule has 2 aromatic rings. The van der Waals surface area contributed by atoms with E-state index in [-0.39, 0.29) is 37.7 Å². The summed E-state index contributed by atoms with van der Waals surface area (Å²) in [5, 5.41) is 8.34. The average molecular weight is 494 g/mol. The lowest BCUT2D eigenvalue weighted by atomic mass is 9.67. The third kappa shape index (κ3) is 3.80. The first kappa shape index (κ1) is 24.4. The van der Waals surface area contributed by atoms with Crippen molar-refractivity contribution < 1.29 is 32.0 Å². The molecule has 0 aromatic carbocycles. The molecule has 2 fully saturated rings. The fourth-order valence-corrected chi connectivity index (χ4v) is 5.10. The first-order valence-corrected chi connectivity index (χ1v) is 11.9. The number of alkyl halides is 3. The van der Waals surface area contributed by atoms with Gasteiger partial charge < -0.3 is 23.2 Å². The molecule has 190 valence electrons. The van der Waals surface area contributed by atoms with E-state index in [1.807, 2.05) is 44.5 Å². The molecule has 0 N–H and O–H groups in total. The van der Waals surface area contributed by atoms with E-state index in [4.69, 9.17) is 14.0 Å². The van der Waals surface area contributed by atoms with Crippen LogP contribution in [0.2, 0.25) is 0 Å². The Labute approximate surface area is 202 Å². The third-order valence-corrected chi connectivity index (χ3v) is 8.02. The van der Waals surface area contributed by atoms with Gasteiger partial charge in [0, 0.05) is 37.6 Å². The van der Waals surface area contributed by atoms with E-state index in [9.17, 15) is 18.0 Å². The quantitative estimate of drug-likeness (QED) is 0.480. The van der Waals surface area contributed by atoms with Crippen LogP contribution in [-0.4, -0.2) is 56.4 Å². The van der Waals surface area contributed by atoms with E-state index in [0.29, 0.717) is 24.5 Å². The summed E-state index contributed by atoms with van der Waals surface area (Å²) in [6, 6.07) is 1.85. The fourth-order valence-electron chi connectivity index (χ4n) is 5.10. The van der Waals surface area contributed by atoms with Gasteiger partial charge in [0.15, 0.2) is 5.82 Å². The molecule has 0 bridgehead atoms. The Morgan fingerprint density at radius 3 is 2.37 bits per heavy atom. The molecule has 1 saturated heterocycles. The molecule has 3 aliphatic rings. The summed E-state index contributed by atoms with van der Waals surface area (Å²) < 4.78 is 63.7. The second-order valence-electron chi connectivity index (χ2n) is 11.0. The van der Waals surface area contributed by atoms with Gasteiger partial charge in [-0.05, 0) is 46.6 Å². The Bertz CT molecular complexity index is 1140. The molecular formula is C23H30BF3N4O4. The Hall–Kier alpha value is -2.34. The number of nitrogens with zero attached hydrogens (tertiary/aromatic N) is 4. The summed E-state index contributed by atoms with van der Waals surface area (Å²) >= 11 is 0. The van der Waals surface area contributed by atoms with E-state index in [2.05, 4.69) is 10.2 Å². The van der Waals surface area contributed by atoms with Gasteiger partial charge in [0.05, 0.1) is 23.5 Å². The minimum atomic E-state index is -4.43. The van der Waals surface area contributed by atoms with Crippen LogP contribution in [0.5, 0.6) is 0 Å². The number of rotatable bonds is 4. The maximum absolute atomic E-state index is 14.2. The first-order valence-electron chi connectivity index (χ1n) is 11.9. The van der Waals surface area contributed by atoms with Crippen molar-refractivity contribution in [1.29, 1.82) is 0 Å². The number of esters is 1. The lowest BCUT2D eigenvalue weighted by molar-refractivity contribution is -0.216. The lowest BCUT2D eigenvalue weighted by Crippen LogP contribution is -2.50. The standard InChI is InChI=1S/C23H30BF3N4O4/c1-14(32)33-13-15-10-30-12-16(24-34-20(2,3)21(4,5)35-24)9-17(30)18-28-29-19(31(18)11-15)22(7-6-8-22)23(25,26)27/h9,12,15H,6-8,10-11,13H2,1-5H3. The highest BCUT2D eigenvalue weighted by Crippen LogP contribution is 2.54. The molecule has 2 aromatic heterocycles. The van der Waals surface area contributed by atoms with Crippen molar-refractivity contribution in [3.05, 3.63) is 18.1 Å². The van der Waals surface area contributed by atoms with Gasteiger partial charge in [-0.25, -0.2) is 0 Å². The number of aromatic nitrogens is 4. The molecule has 0 spiro atoms. The summed E-state index contributed by atoms with van der Waals surface area (Å²) in [4.78, 5) is 11.5. The Morgan fingerprint density at radius 2 is 1.83 bits per heavy atom. The SMILES string of the molecule is CC(=O)OCC1Cn2cc(B3OC(C)(C)C(C)(C)O3)cc2-c2nnc(C3(C(F)(F)F)CCC3)n2C1. The van der Waals surface area contributed by atoms with E-state index in [0.717, 1.165) is 5.46 Å². The Balaban J connectivity index is 1.58. The predicted molar refractivity (Wildman–Crippen MR) is 121 cm³/mol. The molecule has 1 saturated carbocycles. The summed E-state index contributed by atoms with van der Waals surface area (Å²) in [5.74, 6) is -0.401. The molecule has 8 nitrogen and oxygen atoms in total. The molecular weight excluding hydrogens is 464 g/mol. The van der Waals surface area contributed by atoms with Gasteiger partial charge in [0.2, 0.25) is 0 Å². The minimum absolute atomic E-state index is 0.0105. The largest absolute Gasteiger partial charge is 0.496 e. The molecule has 5 rings (SSSR count). The number of hydrogen-bond donors (Lipinski definition) is 0. The topological polar surface area (TPSA) is 80.4 Å². The van der Waals surface area contributed by atoms with Crippen molar-refractivity contribution in [3.63, 3.8) is 0 Å². The van der Waals surface area contributed by atoms with Crippen LogP contribution in [-0.2, 0) is 37.3 Å². The van der Waals surface area contributed by atoms with Crippen molar-refractivity contribution in [3.8, 4) is 11.5 Å². The summed E-state index contributed by atoms with van der Waals surface area (Å²) in [5.41, 5.74) is -1.69. The Kier molecular flexibility index (Phi) is 5.45. The van der Waals surface area contributed by atoms with Crippen molar-refractivity contribution in [1.82, 2.24) is 19.3 Å². The molecule has 35 heavy (non-hydrogen) atoms. The maximum atomic E-state index is 14.2. The normalized spacial score (nSPS) is 24.3. The predicted octanol–water partition coefficient (Wildman–Crippen LogP) is 3.22. The van der Waals surface area contributed by atoms with E-state index >= 15 is 0 Å². The van der Waals surface area contributed by atoms with E-state index < -0.39 is 35.9 Å². The smallest absolute Gasteiger partial charge is 0.465 e. The number of ether oxygens (including phenoxy) is 1. The van der Waals surface area contributed by atoms with Crippen LogP contribution in [0.15, 0.2) is 12.3 Å². The fraction of sp³-hybridized carbons (Fsp3) is 0.696. The van der Waals surface area contributed by atoms with E-state index in [1.165, 1.54) is 6.92 Å². The molecule has 12 heteroatoms. The van der Waals surface area contributed by atoms with Gasteiger partial charge in [-0.2, -0.15) is 13.2 Å².